The number of guanidine groups is 1. The standard InChI is InChI=1S/C21H32N4O3.HI/c1-2-22-20(24-15-21(9-12-26)10-13-28-16-21)23-14-17-5-7-18(8-6-17)25-11-3-4-19(25)27;/h5-8,26H,2-4,9-16H2,1H3,(H2,22,23,24);1H. The monoisotopic (exact) mass is 516 g/mol. The summed E-state index contributed by atoms with van der Waals surface area (Å²) in [6, 6.07) is 8.07. The molecule has 0 spiro atoms. The SMILES string of the molecule is CCNC(=NCc1ccc(N2CCCC2=O)cc1)NCC1(CCO)CCOC1.I. The van der Waals surface area contributed by atoms with Gasteiger partial charge >= 0.3 is 0 Å². The number of aliphatic hydroxyl groups is 1. The number of carbonyl (C=O) groups is 1. The zero-order chi connectivity index (χ0) is 19.8. The van der Waals surface area contributed by atoms with E-state index in [1.807, 2.05) is 36.1 Å². The molecule has 2 aliphatic heterocycles. The normalized spacial score (nSPS) is 21.9. The second-order valence-electron chi connectivity index (χ2n) is 7.64. The van der Waals surface area contributed by atoms with Gasteiger partial charge in [-0.1, -0.05) is 12.1 Å². The molecule has 29 heavy (non-hydrogen) atoms. The van der Waals surface area contributed by atoms with E-state index in [9.17, 15) is 9.90 Å². The van der Waals surface area contributed by atoms with Crippen LogP contribution in [0.4, 0.5) is 5.69 Å². The second kappa shape index (κ2) is 11.7. The molecular weight excluding hydrogens is 483 g/mol. The molecule has 7 nitrogen and oxygen atoms in total. The maximum absolute atomic E-state index is 11.9. The minimum atomic E-state index is -0.0190. The Labute approximate surface area is 190 Å². The molecule has 0 saturated carbocycles. The summed E-state index contributed by atoms with van der Waals surface area (Å²) in [4.78, 5) is 18.4. The number of carbonyl (C=O) groups excluding carboxylic acids is 1. The van der Waals surface area contributed by atoms with Gasteiger partial charge in [0.2, 0.25) is 5.91 Å². The van der Waals surface area contributed by atoms with Crippen LogP contribution in [0.5, 0.6) is 0 Å². The summed E-state index contributed by atoms with van der Waals surface area (Å²) in [5.41, 5.74) is 2.05. The smallest absolute Gasteiger partial charge is 0.227 e. The van der Waals surface area contributed by atoms with Gasteiger partial charge in [-0.15, -0.1) is 24.0 Å². The van der Waals surface area contributed by atoms with Crippen LogP contribution >= 0.6 is 24.0 Å². The number of hydrogen-bond acceptors (Lipinski definition) is 4. The number of amides is 1. The number of halogens is 1. The molecule has 2 heterocycles. The molecule has 3 rings (SSSR count). The molecule has 1 unspecified atom stereocenters. The van der Waals surface area contributed by atoms with E-state index in [0.29, 0.717) is 19.6 Å². The fraction of sp³-hybridized carbons (Fsp3) is 0.619. The Balaban J connectivity index is 0.00000300. The summed E-state index contributed by atoms with van der Waals surface area (Å²) in [5, 5.41) is 16.1. The molecule has 3 N–H and O–H groups in total. The Morgan fingerprint density at radius 1 is 1.31 bits per heavy atom. The fourth-order valence-electron chi connectivity index (χ4n) is 3.80. The van der Waals surface area contributed by atoms with Crippen molar-refractivity contribution in [2.75, 3.05) is 44.4 Å². The maximum atomic E-state index is 11.9. The first-order valence-corrected chi connectivity index (χ1v) is 10.3. The van der Waals surface area contributed by atoms with Gasteiger partial charge in [0.25, 0.3) is 0 Å². The number of anilines is 1. The zero-order valence-electron chi connectivity index (χ0n) is 17.2. The van der Waals surface area contributed by atoms with Gasteiger partial charge in [0, 0.05) is 50.4 Å². The molecule has 1 amide bonds. The number of ether oxygens (including phenoxy) is 1. The van der Waals surface area contributed by atoms with E-state index in [-0.39, 0.29) is 41.9 Å². The van der Waals surface area contributed by atoms with Crippen LogP contribution in [0, 0.1) is 5.41 Å². The minimum absolute atomic E-state index is 0. The Kier molecular flexibility index (Phi) is 9.64. The quantitative estimate of drug-likeness (QED) is 0.281. The van der Waals surface area contributed by atoms with Crippen LogP contribution < -0.4 is 15.5 Å². The van der Waals surface area contributed by atoms with Crippen molar-refractivity contribution in [3.05, 3.63) is 29.8 Å². The third-order valence-electron chi connectivity index (χ3n) is 5.54. The molecule has 162 valence electrons. The van der Waals surface area contributed by atoms with Crippen molar-refractivity contribution in [3.63, 3.8) is 0 Å². The third kappa shape index (κ3) is 6.55. The van der Waals surface area contributed by atoms with Crippen LogP contribution in [0.15, 0.2) is 29.3 Å². The molecular formula is C21H33IN4O3. The number of rotatable bonds is 8. The van der Waals surface area contributed by atoms with Crippen LogP contribution in [0.2, 0.25) is 0 Å². The van der Waals surface area contributed by atoms with Crippen molar-refractivity contribution in [1.82, 2.24) is 10.6 Å². The van der Waals surface area contributed by atoms with Crippen molar-refractivity contribution in [3.8, 4) is 0 Å². The van der Waals surface area contributed by atoms with Crippen LogP contribution in [-0.4, -0.2) is 56.4 Å². The highest BCUT2D eigenvalue weighted by Crippen LogP contribution is 2.31. The van der Waals surface area contributed by atoms with Gasteiger partial charge in [0.05, 0.1) is 13.2 Å². The predicted molar refractivity (Wildman–Crippen MR) is 126 cm³/mol. The van der Waals surface area contributed by atoms with Gasteiger partial charge < -0.3 is 25.4 Å². The number of aliphatic hydroxyl groups excluding tert-OH is 1. The number of benzene rings is 1. The first-order valence-electron chi connectivity index (χ1n) is 10.3. The maximum Gasteiger partial charge on any atom is 0.227 e. The van der Waals surface area contributed by atoms with E-state index >= 15 is 0 Å². The summed E-state index contributed by atoms with van der Waals surface area (Å²) in [5.74, 6) is 0.975. The summed E-state index contributed by atoms with van der Waals surface area (Å²) >= 11 is 0. The van der Waals surface area contributed by atoms with Crippen molar-refractivity contribution in [2.24, 2.45) is 10.4 Å². The van der Waals surface area contributed by atoms with E-state index in [1.54, 1.807) is 0 Å². The highest BCUT2D eigenvalue weighted by atomic mass is 127. The molecule has 0 aromatic heterocycles. The summed E-state index contributed by atoms with van der Waals surface area (Å²) in [7, 11) is 0. The molecule has 2 fully saturated rings. The van der Waals surface area contributed by atoms with E-state index in [2.05, 4.69) is 15.6 Å². The average molecular weight is 516 g/mol. The lowest BCUT2D eigenvalue weighted by Crippen LogP contribution is -2.44. The van der Waals surface area contributed by atoms with Gasteiger partial charge in [-0.05, 0) is 43.9 Å². The molecule has 0 bridgehead atoms. The predicted octanol–water partition coefficient (Wildman–Crippen LogP) is 2.28. The van der Waals surface area contributed by atoms with Crippen molar-refractivity contribution in [2.45, 2.75) is 39.2 Å². The first-order chi connectivity index (χ1) is 13.7. The van der Waals surface area contributed by atoms with Crippen LogP contribution in [0.3, 0.4) is 0 Å². The lowest BCUT2D eigenvalue weighted by Gasteiger charge is -2.27. The number of nitrogens with one attached hydrogen (secondary N) is 2. The Bertz CT molecular complexity index is 675. The van der Waals surface area contributed by atoms with Crippen LogP contribution in [0.25, 0.3) is 0 Å². The van der Waals surface area contributed by atoms with E-state index in [0.717, 1.165) is 62.7 Å². The van der Waals surface area contributed by atoms with Gasteiger partial charge in [0.15, 0.2) is 5.96 Å². The van der Waals surface area contributed by atoms with Crippen LogP contribution in [0.1, 0.15) is 38.2 Å². The van der Waals surface area contributed by atoms with Gasteiger partial charge in [-0.25, -0.2) is 4.99 Å². The lowest BCUT2D eigenvalue weighted by molar-refractivity contribution is -0.117. The summed E-state index contributed by atoms with van der Waals surface area (Å²) in [6.07, 6.45) is 3.27. The lowest BCUT2D eigenvalue weighted by atomic mass is 9.84. The third-order valence-corrected chi connectivity index (χ3v) is 5.54. The molecule has 2 saturated heterocycles. The molecule has 1 atom stereocenters. The molecule has 1 aromatic carbocycles. The fourth-order valence-corrected chi connectivity index (χ4v) is 3.80. The number of aliphatic imine (C=N–C) groups is 1. The Hall–Kier alpha value is -1.39. The largest absolute Gasteiger partial charge is 0.396 e. The first kappa shape index (κ1) is 23.9. The number of nitrogens with zero attached hydrogens (tertiary/aromatic N) is 2. The highest BCUT2D eigenvalue weighted by Gasteiger charge is 2.34. The Morgan fingerprint density at radius 3 is 2.69 bits per heavy atom. The summed E-state index contributed by atoms with van der Waals surface area (Å²) < 4.78 is 5.56. The minimum Gasteiger partial charge on any atom is -0.396 e. The van der Waals surface area contributed by atoms with E-state index in [4.69, 9.17) is 4.74 Å². The van der Waals surface area contributed by atoms with E-state index in [1.165, 1.54) is 0 Å². The van der Waals surface area contributed by atoms with E-state index < -0.39 is 0 Å². The highest BCUT2D eigenvalue weighted by molar-refractivity contribution is 14.0. The van der Waals surface area contributed by atoms with Crippen LogP contribution in [-0.2, 0) is 16.1 Å². The molecule has 0 aliphatic carbocycles. The second-order valence-corrected chi connectivity index (χ2v) is 7.64. The van der Waals surface area contributed by atoms with Gasteiger partial charge in [-0.3, -0.25) is 4.79 Å². The van der Waals surface area contributed by atoms with Gasteiger partial charge in [0.1, 0.15) is 0 Å². The summed E-state index contributed by atoms with van der Waals surface area (Å²) in [6.45, 7) is 6.53. The molecule has 0 radical (unpaired) electrons. The van der Waals surface area contributed by atoms with Crippen molar-refractivity contribution in [1.29, 1.82) is 0 Å². The molecule has 2 aliphatic rings. The molecule has 8 heteroatoms. The topological polar surface area (TPSA) is 86.2 Å². The molecule has 1 aromatic rings. The van der Waals surface area contributed by atoms with Gasteiger partial charge in [-0.2, -0.15) is 0 Å². The average Bonchev–Trinajstić information content (AvgIpc) is 3.34. The Morgan fingerprint density at radius 2 is 2.10 bits per heavy atom. The van der Waals surface area contributed by atoms with Crippen molar-refractivity contribution < 1.29 is 14.6 Å². The number of hydrogen-bond donors (Lipinski definition) is 3. The van der Waals surface area contributed by atoms with Crippen molar-refractivity contribution >= 4 is 41.5 Å². The zero-order valence-corrected chi connectivity index (χ0v) is 19.5.